The average molecular weight is 341 g/mol. The molecule has 128 valence electrons. The molecule has 1 aliphatic rings. The second-order valence-electron chi connectivity index (χ2n) is 5.50. The van der Waals surface area contributed by atoms with E-state index < -0.39 is 30.0 Å². The zero-order valence-corrected chi connectivity index (χ0v) is 12.3. The molecule has 2 aromatic rings. The van der Waals surface area contributed by atoms with Crippen LogP contribution in [0, 0.1) is 0 Å². The van der Waals surface area contributed by atoms with Gasteiger partial charge in [-0.1, -0.05) is 0 Å². The number of carbonyl (C=O) groups is 1. The fraction of sp³-hybridized carbons (Fsp3) is 0.333. The minimum Gasteiger partial charge on any atom is -0.459 e. The molecule has 1 fully saturated rings. The Balaban J connectivity index is 1.57. The van der Waals surface area contributed by atoms with E-state index in [2.05, 4.69) is 5.10 Å². The third-order valence-electron chi connectivity index (χ3n) is 3.90. The van der Waals surface area contributed by atoms with Crippen molar-refractivity contribution in [2.45, 2.75) is 31.2 Å². The second-order valence-corrected chi connectivity index (χ2v) is 5.50. The summed E-state index contributed by atoms with van der Waals surface area (Å²) in [5, 5.41) is 12.4. The maximum absolute atomic E-state index is 12.8. The molecule has 0 bridgehead atoms. The van der Waals surface area contributed by atoms with E-state index in [1.54, 1.807) is 0 Å². The summed E-state index contributed by atoms with van der Waals surface area (Å²) in [5.74, 6) is -0.556. The Kier molecular flexibility index (Phi) is 4.18. The van der Waals surface area contributed by atoms with Crippen molar-refractivity contribution in [3.63, 3.8) is 0 Å². The van der Waals surface area contributed by atoms with E-state index in [1.807, 2.05) is 5.48 Å². The Labute approximate surface area is 134 Å². The van der Waals surface area contributed by atoms with Crippen molar-refractivity contribution in [1.82, 2.24) is 9.78 Å². The van der Waals surface area contributed by atoms with Gasteiger partial charge in [-0.25, -0.2) is 4.79 Å². The molecule has 0 atom stereocenters. The molecule has 1 heterocycles. The molecule has 0 saturated heterocycles. The molecule has 3 rings (SSSR count). The second kappa shape index (κ2) is 6.16. The van der Waals surface area contributed by atoms with Gasteiger partial charge in [-0.15, -0.1) is 0 Å². The molecule has 2 N–H and O–H groups in total. The van der Waals surface area contributed by atoms with Crippen molar-refractivity contribution in [3.05, 3.63) is 47.8 Å². The lowest BCUT2D eigenvalue weighted by molar-refractivity contribution is -0.146. The van der Waals surface area contributed by atoms with Gasteiger partial charge in [0.2, 0.25) is 0 Å². The molecule has 24 heavy (non-hydrogen) atoms. The maximum Gasteiger partial charge on any atom is 0.433 e. The third-order valence-corrected chi connectivity index (χ3v) is 3.90. The highest BCUT2D eigenvalue weighted by atomic mass is 19.4. The summed E-state index contributed by atoms with van der Waals surface area (Å²) in [6.07, 6.45) is -3.22. The van der Waals surface area contributed by atoms with Gasteiger partial charge in [0, 0.05) is 19.0 Å². The maximum atomic E-state index is 12.8. The lowest BCUT2D eigenvalue weighted by atomic mass is 9.89. The van der Waals surface area contributed by atoms with Crippen molar-refractivity contribution in [3.8, 4) is 0 Å². The third kappa shape index (κ3) is 3.21. The topological polar surface area (TPSA) is 76.4 Å². The molecule has 0 amide bonds. The number of nitrogens with zero attached hydrogens (tertiary/aromatic N) is 2. The Morgan fingerprint density at radius 1 is 1.25 bits per heavy atom. The monoisotopic (exact) mass is 341 g/mol. The first kappa shape index (κ1) is 16.3. The van der Waals surface area contributed by atoms with E-state index in [0.717, 1.165) is 16.9 Å². The van der Waals surface area contributed by atoms with Gasteiger partial charge < -0.3 is 4.74 Å². The van der Waals surface area contributed by atoms with E-state index >= 15 is 0 Å². The molecule has 0 spiro atoms. The van der Waals surface area contributed by atoms with Crippen molar-refractivity contribution < 1.29 is 27.9 Å². The number of hydrogen-bond donors (Lipinski definition) is 2. The molecule has 1 aliphatic carbocycles. The number of hydrogen-bond acceptors (Lipinski definition) is 5. The summed E-state index contributed by atoms with van der Waals surface area (Å²) < 4.78 is 44.7. The van der Waals surface area contributed by atoms with E-state index in [4.69, 9.17) is 9.94 Å². The Hall–Kier alpha value is -2.55. The largest absolute Gasteiger partial charge is 0.459 e. The predicted octanol–water partition coefficient (Wildman–Crippen LogP) is 3.26. The first-order valence-corrected chi connectivity index (χ1v) is 7.20. The van der Waals surface area contributed by atoms with Crippen molar-refractivity contribution in [2.24, 2.45) is 0 Å². The Morgan fingerprint density at radius 3 is 2.50 bits per heavy atom. The van der Waals surface area contributed by atoms with Crippen LogP contribution in [0.2, 0.25) is 0 Å². The van der Waals surface area contributed by atoms with Gasteiger partial charge in [0.1, 0.15) is 11.8 Å². The first-order chi connectivity index (χ1) is 11.4. The highest BCUT2D eigenvalue weighted by Crippen LogP contribution is 2.39. The molecule has 1 aromatic heterocycles. The highest BCUT2D eigenvalue weighted by molar-refractivity contribution is 5.89. The molecule has 9 heteroatoms. The number of nitrogens with one attached hydrogen (secondary N) is 1. The van der Waals surface area contributed by atoms with Gasteiger partial charge in [-0.05, 0) is 30.3 Å². The van der Waals surface area contributed by atoms with Crippen LogP contribution in [-0.2, 0) is 10.9 Å². The molecule has 1 saturated carbocycles. The molecular weight excluding hydrogens is 327 g/mol. The van der Waals surface area contributed by atoms with E-state index in [9.17, 15) is 18.0 Å². The zero-order valence-electron chi connectivity index (χ0n) is 12.3. The molecule has 0 unspecified atom stereocenters. The molecular formula is C15H14F3N3O3. The van der Waals surface area contributed by atoms with Crippen molar-refractivity contribution in [2.75, 3.05) is 5.48 Å². The lowest BCUT2D eigenvalue weighted by Crippen LogP contribution is -2.37. The van der Waals surface area contributed by atoms with Crippen molar-refractivity contribution in [1.29, 1.82) is 0 Å². The standard InChI is InChI=1S/C15H14F3N3O3/c16-15(17,18)13-5-6-19-21(13)11-7-12(8-11)24-14(22)9-1-3-10(20-23)4-2-9/h1-6,11-12,20,23H,7-8H2. The van der Waals surface area contributed by atoms with Gasteiger partial charge in [0.05, 0.1) is 17.3 Å². The highest BCUT2D eigenvalue weighted by Gasteiger charge is 2.41. The van der Waals surface area contributed by atoms with E-state index in [-0.39, 0.29) is 12.8 Å². The predicted molar refractivity (Wildman–Crippen MR) is 76.6 cm³/mol. The number of esters is 1. The smallest absolute Gasteiger partial charge is 0.433 e. The fourth-order valence-corrected chi connectivity index (χ4v) is 2.56. The SMILES string of the molecule is O=C(OC1CC(n2nccc2C(F)(F)F)C1)c1ccc(NO)cc1. The Morgan fingerprint density at radius 2 is 1.92 bits per heavy atom. The van der Waals surface area contributed by atoms with E-state index in [0.29, 0.717) is 11.3 Å². The fourth-order valence-electron chi connectivity index (χ4n) is 2.56. The van der Waals surface area contributed by atoms with Crippen LogP contribution >= 0.6 is 0 Å². The van der Waals surface area contributed by atoms with Gasteiger partial charge in [-0.2, -0.15) is 18.3 Å². The van der Waals surface area contributed by atoms with Crippen LogP contribution in [0.1, 0.15) is 34.9 Å². The summed E-state index contributed by atoms with van der Waals surface area (Å²) in [5.41, 5.74) is 1.86. The number of anilines is 1. The van der Waals surface area contributed by atoms with Crippen LogP contribution in [-0.4, -0.2) is 27.1 Å². The van der Waals surface area contributed by atoms with Crippen LogP contribution in [0.4, 0.5) is 18.9 Å². The molecule has 0 aliphatic heterocycles. The van der Waals surface area contributed by atoms with Gasteiger partial charge in [0.25, 0.3) is 0 Å². The lowest BCUT2D eigenvalue weighted by Gasteiger charge is -2.35. The van der Waals surface area contributed by atoms with Crippen molar-refractivity contribution >= 4 is 11.7 Å². The number of rotatable bonds is 4. The van der Waals surface area contributed by atoms with Crippen LogP contribution in [0.15, 0.2) is 36.5 Å². The molecule has 0 radical (unpaired) electrons. The molecule has 6 nitrogen and oxygen atoms in total. The van der Waals surface area contributed by atoms with Crippen LogP contribution in [0.25, 0.3) is 0 Å². The summed E-state index contributed by atoms with van der Waals surface area (Å²) in [6, 6.07) is 6.45. The number of aromatic nitrogens is 2. The Bertz CT molecular complexity index is 722. The molecule has 1 aromatic carbocycles. The number of alkyl halides is 3. The van der Waals surface area contributed by atoms with E-state index in [1.165, 1.54) is 24.3 Å². The number of ether oxygens (including phenoxy) is 1. The van der Waals surface area contributed by atoms with Gasteiger partial charge in [0.15, 0.2) is 0 Å². The first-order valence-electron chi connectivity index (χ1n) is 7.20. The summed E-state index contributed by atoms with van der Waals surface area (Å²) in [6.45, 7) is 0. The van der Waals surface area contributed by atoms with Gasteiger partial charge >= 0.3 is 12.1 Å². The quantitative estimate of drug-likeness (QED) is 0.659. The normalized spacial score (nSPS) is 20.3. The number of carbonyl (C=O) groups excluding carboxylic acids is 1. The van der Waals surface area contributed by atoms with Crippen LogP contribution in [0.5, 0.6) is 0 Å². The average Bonchev–Trinajstić information content (AvgIpc) is 2.99. The summed E-state index contributed by atoms with van der Waals surface area (Å²) in [4.78, 5) is 12.0. The number of halogens is 3. The van der Waals surface area contributed by atoms with Crippen LogP contribution < -0.4 is 5.48 Å². The minimum atomic E-state index is -4.46. The number of benzene rings is 1. The summed E-state index contributed by atoms with van der Waals surface area (Å²) in [7, 11) is 0. The minimum absolute atomic E-state index is 0.285. The van der Waals surface area contributed by atoms with Gasteiger partial charge in [-0.3, -0.25) is 15.4 Å². The van der Waals surface area contributed by atoms with Crippen LogP contribution in [0.3, 0.4) is 0 Å². The zero-order chi connectivity index (χ0) is 17.3. The summed E-state index contributed by atoms with van der Waals surface area (Å²) >= 11 is 0.